The Balaban J connectivity index is 0.000000157. The molecule has 7 aliphatic rings. The number of oxazole rings is 4. The Morgan fingerprint density at radius 3 is 1.17 bits per heavy atom. The fourth-order valence-corrected chi connectivity index (χ4v) is 18.2. The van der Waals surface area contributed by atoms with E-state index in [0.29, 0.717) is 143 Å². The molecule has 730 valence electrons. The topological polar surface area (TPSA) is 496 Å². The third-order valence-electron chi connectivity index (χ3n) is 22.9. The summed E-state index contributed by atoms with van der Waals surface area (Å²) in [5, 5.41) is 25.7. The molecule has 4 fully saturated rings. The average Bonchev–Trinajstić information content (AvgIpc) is 1.63. The molecular formula is C86H121BrN24O20S3. The van der Waals surface area contributed by atoms with Gasteiger partial charge in [-0.1, -0.05) is 0 Å². The molecule has 0 spiro atoms. The van der Waals surface area contributed by atoms with Gasteiger partial charge in [0.05, 0.1) is 164 Å². The Morgan fingerprint density at radius 2 is 0.799 bits per heavy atom. The summed E-state index contributed by atoms with van der Waals surface area (Å²) in [6.45, 7) is 36.8. The number of pyridine rings is 3. The molecule has 0 unspecified atom stereocenters. The van der Waals surface area contributed by atoms with Crippen LogP contribution in [0.4, 0.5) is 17.1 Å². The van der Waals surface area contributed by atoms with E-state index < -0.39 is 36.0 Å². The number of piperazine rings is 4. The van der Waals surface area contributed by atoms with E-state index >= 15 is 0 Å². The summed E-state index contributed by atoms with van der Waals surface area (Å²) < 4.78 is 138. The minimum atomic E-state index is -3.58. The molecule has 7 aliphatic heterocycles. The van der Waals surface area contributed by atoms with Crippen LogP contribution in [-0.4, -0.2) is 355 Å². The summed E-state index contributed by atoms with van der Waals surface area (Å²) in [6.07, 6.45) is 20.1. The molecule has 10 aromatic heterocycles. The molecule has 0 atom stereocenters. The highest BCUT2D eigenvalue weighted by molar-refractivity contribution is 9.10. The number of carboxylic acid groups (broad SMARTS) is 1. The predicted molar refractivity (Wildman–Crippen MR) is 499 cm³/mol. The van der Waals surface area contributed by atoms with Crippen LogP contribution in [-0.2, 0) is 89.4 Å². The first-order valence-corrected chi connectivity index (χ1v) is 50.7. The van der Waals surface area contributed by atoms with Gasteiger partial charge < -0.3 is 66.3 Å². The van der Waals surface area contributed by atoms with E-state index in [4.69, 9.17) is 57.0 Å². The molecule has 44 nitrogen and oxygen atoms in total. The lowest BCUT2D eigenvalue weighted by atomic mass is 10.1. The second kappa shape index (κ2) is 47.0. The number of carboxylic acids is 1. The molecule has 2 amide bonds. The van der Waals surface area contributed by atoms with Crippen molar-refractivity contribution in [1.82, 2.24) is 104 Å². The van der Waals surface area contributed by atoms with Crippen LogP contribution in [0.5, 0.6) is 17.6 Å². The van der Waals surface area contributed by atoms with Crippen LogP contribution < -0.4 is 33.7 Å². The molecule has 4 saturated heterocycles. The first-order valence-electron chi connectivity index (χ1n) is 44.2. The minimum Gasteiger partial charge on any atom is -0.479 e. The third kappa shape index (κ3) is 27.7. The average molecular weight is 1990 g/mol. The number of fused-ring (bicyclic) bond motifs is 3. The van der Waals surface area contributed by atoms with Crippen LogP contribution in [0.15, 0.2) is 96.6 Å². The highest BCUT2D eigenvalue weighted by atomic mass is 79.9. The van der Waals surface area contributed by atoms with Gasteiger partial charge in [0.2, 0.25) is 76.8 Å². The number of halogens is 1. The number of nitrogens with one attached hydrogen (secondary N) is 4. The lowest BCUT2D eigenvalue weighted by Gasteiger charge is -2.36. The smallest absolute Gasteiger partial charge is 0.373 e. The summed E-state index contributed by atoms with van der Waals surface area (Å²) in [4.78, 5) is 79.6. The fraction of sp³-hybridized carbons (Fsp3) is 0.547. The first kappa shape index (κ1) is 102. The lowest BCUT2D eigenvalue weighted by molar-refractivity contribution is 0.0562. The van der Waals surface area contributed by atoms with Crippen molar-refractivity contribution in [3.63, 3.8) is 0 Å². The fourth-order valence-electron chi connectivity index (χ4n) is 15.9. The standard InChI is InChI=1S/C25H33N7O6S.C25H35N7O5S.C14H17BrN4O4S.C11H17N3O2.C7H16N2.C4H3NO3/c1-16(2)30-7-9-31(10-8-30)25(33)21-15-27-24(38-21)22-18-5-11-37-12-6-20(18)32(28-22)17-13-19(29-39(4,34)35)23(36-3)26-14-17;1-17(2)31-9-7-30(8-10-31)16-19-15-27-25(37-19)23-20-5-11-36-12-6-22(20)32(28-23)18-13-21(29-38(4,33)34)24(35-3)26-14-18;1-22-14-11(18-24(2,20)21)7-9(8-16-14)19-12-4-6-23-5-3-10(12)13(15)17-19;1-9(2)13-3-5-14(6-4-13)11(15)10-7-12-8-16-10;1-7(2)9-5-3-8-4-6-9;6-4(7)3-1-5-2-8-3/h13-16,29H,5-12H2,1-4H3;13-15,17,29H,5-12,16H2,1-4H3;7-8,18H,3-6H2,1-2H3;7-9H,3-6H2,1-2H3;7-8H,3-6H2,1-2H3;1-2H,(H,6,7). The summed E-state index contributed by atoms with van der Waals surface area (Å²) in [5.74, 6) is 1.04. The quantitative estimate of drug-likeness (QED) is 0.0452. The van der Waals surface area contributed by atoms with Gasteiger partial charge in [0.15, 0.2) is 24.2 Å². The zero-order valence-corrected chi connectivity index (χ0v) is 82.0. The van der Waals surface area contributed by atoms with E-state index in [0.717, 1.165) is 173 Å². The van der Waals surface area contributed by atoms with Gasteiger partial charge in [-0.25, -0.2) is 79.0 Å². The third-order valence-corrected chi connectivity index (χ3v) is 25.3. The van der Waals surface area contributed by atoms with E-state index in [1.54, 1.807) is 61.9 Å². The molecular weight excluding hydrogens is 1870 g/mol. The van der Waals surface area contributed by atoms with E-state index in [1.165, 1.54) is 53.2 Å². The van der Waals surface area contributed by atoms with E-state index in [-0.39, 0.29) is 63.9 Å². The van der Waals surface area contributed by atoms with Crippen LogP contribution >= 0.6 is 15.9 Å². The lowest BCUT2D eigenvalue weighted by Crippen LogP contribution is -2.50. The van der Waals surface area contributed by atoms with Crippen molar-refractivity contribution in [3.8, 4) is 57.9 Å². The van der Waals surface area contributed by atoms with Gasteiger partial charge in [-0.3, -0.25) is 48.3 Å². The Labute approximate surface area is 787 Å². The molecule has 5 N–H and O–H groups in total. The first-order chi connectivity index (χ1) is 64.0. The van der Waals surface area contributed by atoms with Crippen LogP contribution in [0, 0.1) is 0 Å². The van der Waals surface area contributed by atoms with Crippen molar-refractivity contribution in [1.29, 1.82) is 0 Å². The zero-order valence-electron chi connectivity index (χ0n) is 78.0. The highest BCUT2D eigenvalue weighted by Gasteiger charge is 2.33. The summed E-state index contributed by atoms with van der Waals surface area (Å²) in [7, 11) is -6.28. The molecule has 17 rings (SSSR count). The van der Waals surface area contributed by atoms with Gasteiger partial charge in [-0.05, 0) is 102 Å². The van der Waals surface area contributed by atoms with Crippen LogP contribution in [0.25, 0.3) is 40.2 Å². The molecule has 0 saturated carbocycles. The number of amides is 2. The number of anilines is 3. The van der Waals surface area contributed by atoms with Gasteiger partial charge >= 0.3 is 5.97 Å². The van der Waals surface area contributed by atoms with Gasteiger partial charge in [-0.2, -0.15) is 15.3 Å². The maximum absolute atomic E-state index is 13.2. The Bertz CT molecular complexity index is 5900. The van der Waals surface area contributed by atoms with E-state index in [2.05, 4.69) is 160 Å². The van der Waals surface area contributed by atoms with Crippen LogP contribution in [0.3, 0.4) is 0 Å². The number of aromatic carboxylic acids is 1. The van der Waals surface area contributed by atoms with Crippen molar-refractivity contribution in [2.75, 3.05) is 199 Å². The second-order valence-electron chi connectivity index (χ2n) is 33.5. The van der Waals surface area contributed by atoms with Crippen LogP contribution in [0.1, 0.15) is 127 Å². The van der Waals surface area contributed by atoms with Crippen molar-refractivity contribution in [2.24, 2.45) is 0 Å². The molecule has 0 bridgehead atoms. The maximum atomic E-state index is 13.2. The molecule has 134 heavy (non-hydrogen) atoms. The number of sulfonamides is 3. The van der Waals surface area contributed by atoms with Crippen molar-refractivity contribution in [3.05, 3.63) is 136 Å². The van der Waals surface area contributed by atoms with Gasteiger partial charge in [0.1, 0.15) is 27.4 Å². The molecule has 10 aromatic rings. The monoisotopic (exact) mass is 1980 g/mol. The van der Waals surface area contributed by atoms with E-state index in [1.807, 2.05) is 4.90 Å². The molecule has 0 aliphatic carbocycles. The number of rotatable bonds is 23. The molecule has 17 heterocycles. The Morgan fingerprint density at radius 1 is 0.440 bits per heavy atom. The number of aromatic nitrogens is 13. The highest BCUT2D eigenvalue weighted by Crippen LogP contribution is 2.37. The van der Waals surface area contributed by atoms with Gasteiger partial charge in [-0.15, -0.1) is 0 Å². The number of ether oxygens (including phenoxy) is 6. The summed E-state index contributed by atoms with van der Waals surface area (Å²) >= 11 is 3.49. The van der Waals surface area contributed by atoms with E-state index in [9.17, 15) is 39.6 Å². The number of hydrogen-bond donors (Lipinski definition) is 5. The van der Waals surface area contributed by atoms with Crippen LogP contribution in [0.2, 0.25) is 0 Å². The van der Waals surface area contributed by atoms with Gasteiger partial charge in [0.25, 0.3) is 11.8 Å². The normalized spacial score (nSPS) is 16.7. The SMILES string of the molecule is CC(C)N1CCN(C(=O)c2cnco2)CC1.CC(C)N1CCNCC1.COc1ncc(-n2nc(-c3ncc(C(=O)N4CCN(C(C)C)CC4)o3)c3c2CCOCC3)cc1NS(C)(=O)=O.COc1ncc(-n2nc(-c3ncc(CN4CCN(C(C)C)CC4)o3)c3c2CCOCC3)cc1NS(C)(=O)=O.COc1ncc(-n2nc(Br)c3c2CCOCC3)cc1NS(C)(=O)=O.O=C(O)c1cnco1. The number of hydrogen-bond acceptors (Lipinski definition) is 35. The number of methoxy groups -OCH3 is 3. The number of carbonyl (C=O) groups excluding carboxylic acids is 2. The number of nitrogens with zero attached hydrogens (tertiary/aromatic N) is 20. The second-order valence-corrected chi connectivity index (χ2v) is 39.5. The Hall–Kier alpha value is -10.9. The Kier molecular flexibility index (Phi) is 35.8. The zero-order chi connectivity index (χ0) is 96.1. The molecule has 0 radical (unpaired) electrons. The maximum Gasteiger partial charge on any atom is 0.373 e. The van der Waals surface area contributed by atoms with Crippen molar-refractivity contribution in [2.45, 2.75) is 125 Å². The molecule has 48 heteroatoms. The molecule has 0 aromatic carbocycles. The minimum absolute atomic E-state index is 0.0547. The predicted octanol–water partition coefficient (Wildman–Crippen LogP) is 6.57. The van der Waals surface area contributed by atoms with Crippen molar-refractivity contribution < 1.29 is 90.8 Å². The summed E-state index contributed by atoms with van der Waals surface area (Å²) in [6, 6.07) is 7.19. The summed E-state index contributed by atoms with van der Waals surface area (Å²) in [5.41, 5.74) is 9.48. The van der Waals surface area contributed by atoms with Gasteiger partial charge in [0, 0.05) is 171 Å². The van der Waals surface area contributed by atoms with Crippen molar-refractivity contribution >= 4 is 80.8 Å². The number of carbonyl (C=O) groups is 3. The largest absolute Gasteiger partial charge is 0.479 e.